The molecule has 102 valence electrons. The maximum atomic E-state index is 5.51. The quantitative estimate of drug-likeness (QED) is 0.751. The molecular formula is C15H24BrNO. The van der Waals surface area contributed by atoms with Gasteiger partial charge in [-0.15, -0.1) is 0 Å². The van der Waals surface area contributed by atoms with E-state index in [-0.39, 0.29) is 0 Å². The Kier molecular flexibility index (Phi) is 7.36. The molecule has 18 heavy (non-hydrogen) atoms. The molecule has 0 heterocycles. The average molecular weight is 314 g/mol. The number of benzene rings is 1. The second-order valence-electron chi connectivity index (χ2n) is 4.41. The minimum absolute atomic E-state index is 0.431. The lowest BCUT2D eigenvalue weighted by Crippen LogP contribution is -2.22. The lowest BCUT2D eigenvalue weighted by molar-refractivity contribution is 0.339. The van der Waals surface area contributed by atoms with E-state index in [1.54, 1.807) is 0 Å². The van der Waals surface area contributed by atoms with Crippen LogP contribution in [0.3, 0.4) is 0 Å². The molecule has 0 aliphatic carbocycles. The fourth-order valence-corrected chi connectivity index (χ4v) is 2.66. The summed E-state index contributed by atoms with van der Waals surface area (Å²) in [5, 5.41) is 3.61. The smallest absolute Gasteiger partial charge is 0.120 e. The van der Waals surface area contributed by atoms with E-state index in [1.807, 2.05) is 6.92 Å². The molecule has 0 fully saturated rings. The fraction of sp³-hybridized carbons (Fsp3) is 0.600. The minimum Gasteiger partial charge on any atom is -0.494 e. The van der Waals surface area contributed by atoms with Crippen LogP contribution in [0.25, 0.3) is 0 Å². The number of ether oxygens (including phenoxy) is 1. The Labute approximate surface area is 119 Å². The maximum Gasteiger partial charge on any atom is 0.120 e. The lowest BCUT2D eigenvalue weighted by atomic mass is 10.0. The predicted octanol–water partition coefficient (Wildman–Crippen LogP) is 4.69. The number of hydrogen-bond acceptors (Lipinski definition) is 2. The summed E-state index contributed by atoms with van der Waals surface area (Å²) in [6.45, 7) is 8.19. The predicted molar refractivity (Wildman–Crippen MR) is 81.3 cm³/mol. The van der Waals surface area contributed by atoms with Crippen molar-refractivity contribution in [3.63, 3.8) is 0 Å². The van der Waals surface area contributed by atoms with Gasteiger partial charge in [0.1, 0.15) is 5.75 Å². The van der Waals surface area contributed by atoms with Crippen molar-refractivity contribution < 1.29 is 4.74 Å². The first kappa shape index (κ1) is 15.5. The van der Waals surface area contributed by atoms with Crippen LogP contribution >= 0.6 is 15.9 Å². The topological polar surface area (TPSA) is 21.3 Å². The summed E-state index contributed by atoms with van der Waals surface area (Å²) in [4.78, 5) is 0. The molecule has 1 rings (SSSR count). The third-order valence-corrected chi connectivity index (χ3v) is 3.56. The van der Waals surface area contributed by atoms with Gasteiger partial charge in [0.2, 0.25) is 0 Å². The van der Waals surface area contributed by atoms with Gasteiger partial charge in [-0.2, -0.15) is 0 Å². The van der Waals surface area contributed by atoms with Crippen LogP contribution in [0.15, 0.2) is 22.7 Å². The van der Waals surface area contributed by atoms with E-state index >= 15 is 0 Å². The molecule has 0 amide bonds. The number of rotatable bonds is 8. The summed E-state index contributed by atoms with van der Waals surface area (Å²) in [6.07, 6.45) is 3.50. The summed E-state index contributed by atoms with van der Waals surface area (Å²) < 4.78 is 6.65. The Morgan fingerprint density at radius 1 is 1.22 bits per heavy atom. The molecule has 1 N–H and O–H groups in total. The highest BCUT2D eigenvalue weighted by Crippen LogP contribution is 2.30. The first-order valence-electron chi connectivity index (χ1n) is 6.88. The van der Waals surface area contributed by atoms with Crippen molar-refractivity contribution in [2.75, 3.05) is 13.2 Å². The molecule has 0 radical (unpaired) electrons. The summed E-state index contributed by atoms with van der Waals surface area (Å²) in [5.41, 5.74) is 1.33. The minimum atomic E-state index is 0.431. The summed E-state index contributed by atoms with van der Waals surface area (Å²) >= 11 is 3.66. The number of hydrogen-bond donors (Lipinski definition) is 1. The van der Waals surface area contributed by atoms with Gasteiger partial charge in [-0.05, 0) is 44.0 Å². The van der Waals surface area contributed by atoms with Gasteiger partial charge in [-0.3, -0.25) is 0 Å². The first-order valence-corrected chi connectivity index (χ1v) is 7.67. The Bertz CT molecular complexity index is 354. The highest BCUT2D eigenvalue weighted by molar-refractivity contribution is 9.10. The molecule has 0 saturated heterocycles. The molecule has 0 bridgehead atoms. The highest BCUT2D eigenvalue weighted by atomic mass is 79.9. The van der Waals surface area contributed by atoms with Gasteiger partial charge in [-0.25, -0.2) is 0 Å². The summed E-state index contributed by atoms with van der Waals surface area (Å²) in [6, 6.07) is 6.72. The van der Waals surface area contributed by atoms with Gasteiger partial charge in [0, 0.05) is 10.5 Å². The van der Waals surface area contributed by atoms with E-state index in [0.717, 1.165) is 29.6 Å². The molecule has 1 unspecified atom stereocenters. The Morgan fingerprint density at radius 2 is 2.00 bits per heavy atom. The SMILES string of the molecule is CCCNC(CCC)c1ccc(OCC)cc1Br. The van der Waals surface area contributed by atoms with Crippen LogP contribution in [0.4, 0.5) is 0 Å². The van der Waals surface area contributed by atoms with E-state index in [1.165, 1.54) is 12.0 Å². The molecule has 3 heteroatoms. The zero-order valence-corrected chi connectivity index (χ0v) is 13.2. The molecular weight excluding hydrogens is 290 g/mol. The second kappa shape index (κ2) is 8.54. The van der Waals surface area contributed by atoms with Crippen LogP contribution in [0.5, 0.6) is 5.75 Å². The number of halogens is 1. The monoisotopic (exact) mass is 313 g/mol. The standard InChI is InChI=1S/C15H24BrNO/c1-4-7-15(17-10-5-2)13-9-8-12(18-6-3)11-14(13)16/h8-9,11,15,17H,4-7,10H2,1-3H3. The van der Waals surface area contributed by atoms with Gasteiger partial charge in [0.15, 0.2) is 0 Å². The van der Waals surface area contributed by atoms with Crippen molar-refractivity contribution >= 4 is 15.9 Å². The van der Waals surface area contributed by atoms with E-state index < -0.39 is 0 Å². The van der Waals surface area contributed by atoms with Gasteiger partial charge < -0.3 is 10.1 Å². The van der Waals surface area contributed by atoms with Gasteiger partial charge in [0.25, 0.3) is 0 Å². The van der Waals surface area contributed by atoms with Crippen molar-refractivity contribution in [2.45, 2.75) is 46.1 Å². The van der Waals surface area contributed by atoms with Crippen molar-refractivity contribution in [1.82, 2.24) is 5.32 Å². The van der Waals surface area contributed by atoms with Crippen molar-refractivity contribution in [1.29, 1.82) is 0 Å². The van der Waals surface area contributed by atoms with Gasteiger partial charge in [-0.1, -0.05) is 42.3 Å². The molecule has 0 saturated carbocycles. The Morgan fingerprint density at radius 3 is 2.56 bits per heavy atom. The summed E-state index contributed by atoms with van der Waals surface area (Å²) in [7, 11) is 0. The van der Waals surface area contributed by atoms with E-state index in [2.05, 4.69) is 53.3 Å². The third-order valence-electron chi connectivity index (χ3n) is 2.88. The van der Waals surface area contributed by atoms with Crippen molar-refractivity contribution in [3.05, 3.63) is 28.2 Å². The van der Waals surface area contributed by atoms with Crippen molar-refractivity contribution in [2.24, 2.45) is 0 Å². The summed E-state index contributed by atoms with van der Waals surface area (Å²) in [5.74, 6) is 0.930. The van der Waals surface area contributed by atoms with Crippen LogP contribution in [0.1, 0.15) is 51.6 Å². The van der Waals surface area contributed by atoms with Crippen LogP contribution in [0.2, 0.25) is 0 Å². The molecule has 1 aromatic carbocycles. The molecule has 1 atom stereocenters. The normalized spacial score (nSPS) is 12.4. The van der Waals surface area contributed by atoms with Crippen LogP contribution in [-0.4, -0.2) is 13.2 Å². The van der Waals surface area contributed by atoms with Crippen LogP contribution in [0, 0.1) is 0 Å². The average Bonchev–Trinajstić information content (AvgIpc) is 2.35. The molecule has 0 aliphatic heterocycles. The van der Waals surface area contributed by atoms with Crippen molar-refractivity contribution in [3.8, 4) is 5.75 Å². The Hall–Kier alpha value is -0.540. The molecule has 0 aliphatic rings. The molecule has 0 aromatic heterocycles. The largest absolute Gasteiger partial charge is 0.494 e. The first-order chi connectivity index (χ1) is 8.72. The Balaban J connectivity index is 2.83. The molecule has 0 spiro atoms. The van der Waals surface area contributed by atoms with Gasteiger partial charge >= 0.3 is 0 Å². The molecule has 2 nitrogen and oxygen atoms in total. The second-order valence-corrected chi connectivity index (χ2v) is 5.27. The number of nitrogens with one attached hydrogen (secondary N) is 1. The van der Waals surface area contributed by atoms with E-state index in [9.17, 15) is 0 Å². The fourth-order valence-electron chi connectivity index (χ4n) is 2.02. The van der Waals surface area contributed by atoms with E-state index in [4.69, 9.17) is 4.74 Å². The van der Waals surface area contributed by atoms with Crippen LogP contribution in [-0.2, 0) is 0 Å². The maximum absolute atomic E-state index is 5.51. The highest BCUT2D eigenvalue weighted by Gasteiger charge is 2.13. The molecule has 1 aromatic rings. The third kappa shape index (κ3) is 4.62. The zero-order chi connectivity index (χ0) is 13.4. The van der Waals surface area contributed by atoms with Gasteiger partial charge in [0.05, 0.1) is 6.61 Å². The van der Waals surface area contributed by atoms with E-state index in [0.29, 0.717) is 12.6 Å². The van der Waals surface area contributed by atoms with Crippen LogP contribution < -0.4 is 10.1 Å². The zero-order valence-electron chi connectivity index (χ0n) is 11.6. The lowest BCUT2D eigenvalue weighted by Gasteiger charge is -2.20.